The summed E-state index contributed by atoms with van der Waals surface area (Å²) in [4.78, 5) is 11.8. The normalized spacial score (nSPS) is 16.2. The van der Waals surface area contributed by atoms with Gasteiger partial charge in [0.25, 0.3) is 0 Å². The molecule has 2 heteroatoms. The van der Waals surface area contributed by atoms with Gasteiger partial charge in [0.05, 0.1) is 0 Å². The zero-order valence-electron chi connectivity index (χ0n) is 17.0. The number of carbonyl (C=O) groups excluding carboxylic acids is 1. The number of ether oxygens (including phenoxy) is 1. The highest BCUT2D eigenvalue weighted by Gasteiger charge is 2.17. The molecule has 148 valence electrons. The Bertz CT molecular complexity index is 414. The zero-order chi connectivity index (χ0) is 18.7. The first-order valence-corrected chi connectivity index (χ1v) is 11.0. The summed E-state index contributed by atoms with van der Waals surface area (Å²) in [5, 5.41) is 0. The fourth-order valence-corrected chi connectivity index (χ4v) is 3.32. The Kier molecular flexibility index (Phi) is 15.0. The van der Waals surface area contributed by atoms with Crippen LogP contribution < -0.4 is 0 Å². The van der Waals surface area contributed by atoms with Crippen LogP contribution in [0.2, 0.25) is 0 Å². The summed E-state index contributed by atoms with van der Waals surface area (Å²) in [5.41, 5.74) is 0. The Morgan fingerprint density at radius 2 is 1.42 bits per heavy atom. The molecule has 1 fully saturated rings. The smallest absolute Gasteiger partial charge is 0.306 e. The number of hydrogen-bond donors (Lipinski definition) is 0. The topological polar surface area (TPSA) is 26.3 Å². The van der Waals surface area contributed by atoms with Crippen LogP contribution in [0.1, 0.15) is 103 Å². The lowest BCUT2D eigenvalue weighted by Gasteiger charge is -2.21. The van der Waals surface area contributed by atoms with Gasteiger partial charge >= 0.3 is 5.97 Å². The van der Waals surface area contributed by atoms with Crippen LogP contribution in [0.5, 0.6) is 0 Å². The van der Waals surface area contributed by atoms with E-state index in [0.717, 1.165) is 44.9 Å². The summed E-state index contributed by atoms with van der Waals surface area (Å²) in [7, 11) is 0. The van der Waals surface area contributed by atoms with Crippen molar-refractivity contribution >= 4 is 5.97 Å². The summed E-state index contributed by atoms with van der Waals surface area (Å²) < 4.78 is 5.55. The van der Waals surface area contributed by atoms with Crippen molar-refractivity contribution in [2.45, 2.75) is 109 Å². The van der Waals surface area contributed by atoms with Crippen molar-refractivity contribution in [1.82, 2.24) is 0 Å². The fraction of sp³-hybridized carbons (Fsp3) is 0.708. The number of rotatable bonds is 14. The SMILES string of the molecule is CCC=CCC=CCC=CCCCCCCCC(=O)OC1CCCCC1. The van der Waals surface area contributed by atoms with Crippen LogP contribution >= 0.6 is 0 Å². The molecule has 0 amide bonds. The highest BCUT2D eigenvalue weighted by Crippen LogP contribution is 2.21. The molecule has 0 heterocycles. The molecule has 0 aromatic heterocycles. The van der Waals surface area contributed by atoms with E-state index >= 15 is 0 Å². The maximum absolute atomic E-state index is 11.8. The lowest BCUT2D eigenvalue weighted by Crippen LogP contribution is -2.20. The van der Waals surface area contributed by atoms with Gasteiger partial charge in [-0.3, -0.25) is 4.79 Å². The van der Waals surface area contributed by atoms with Crippen molar-refractivity contribution in [1.29, 1.82) is 0 Å². The third-order valence-electron chi connectivity index (χ3n) is 4.88. The molecular formula is C24H40O2. The Balaban J connectivity index is 1.84. The highest BCUT2D eigenvalue weighted by molar-refractivity contribution is 5.69. The van der Waals surface area contributed by atoms with Crippen molar-refractivity contribution in [3.8, 4) is 0 Å². The minimum atomic E-state index is 0.0260. The molecule has 0 aromatic carbocycles. The Morgan fingerprint density at radius 1 is 0.808 bits per heavy atom. The first-order valence-electron chi connectivity index (χ1n) is 11.0. The molecule has 1 saturated carbocycles. The summed E-state index contributed by atoms with van der Waals surface area (Å²) in [6.45, 7) is 2.16. The first kappa shape index (κ1) is 22.7. The summed E-state index contributed by atoms with van der Waals surface area (Å²) in [5.74, 6) is 0.0260. The summed E-state index contributed by atoms with van der Waals surface area (Å²) >= 11 is 0. The van der Waals surface area contributed by atoms with E-state index in [-0.39, 0.29) is 12.1 Å². The van der Waals surface area contributed by atoms with Gasteiger partial charge in [0, 0.05) is 6.42 Å². The van der Waals surface area contributed by atoms with Crippen molar-refractivity contribution in [3.63, 3.8) is 0 Å². The number of unbranched alkanes of at least 4 members (excludes halogenated alkanes) is 5. The molecule has 1 aliphatic carbocycles. The Morgan fingerprint density at radius 3 is 2.15 bits per heavy atom. The van der Waals surface area contributed by atoms with Crippen molar-refractivity contribution in [2.75, 3.05) is 0 Å². The molecule has 0 aliphatic heterocycles. The quantitative estimate of drug-likeness (QED) is 0.183. The van der Waals surface area contributed by atoms with Crippen molar-refractivity contribution < 1.29 is 9.53 Å². The van der Waals surface area contributed by atoms with Crippen molar-refractivity contribution in [2.24, 2.45) is 0 Å². The van der Waals surface area contributed by atoms with E-state index in [9.17, 15) is 4.79 Å². The van der Waals surface area contributed by atoms with Gasteiger partial charge in [-0.25, -0.2) is 0 Å². The largest absolute Gasteiger partial charge is 0.462 e. The predicted octanol–water partition coefficient (Wildman–Crippen LogP) is 7.45. The van der Waals surface area contributed by atoms with Crippen molar-refractivity contribution in [3.05, 3.63) is 36.5 Å². The number of carbonyl (C=O) groups is 1. The minimum absolute atomic E-state index is 0.0260. The van der Waals surface area contributed by atoms with Gasteiger partial charge in [-0.15, -0.1) is 0 Å². The maximum Gasteiger partial charge on any atom is 0.306 e. The molecule has 0 aromatic rings. The second kappa shape index (κ2) is 17.1. The van der Waals surface area contributed by atoms with E-state index in [1.54, 1.807) is 0 Å². The molecule has 1 rings (SSSR count). The second-order valence-electron chi connectivity index (χ2n) is 7.35. The van der Waals surface area contributed by atoms with Crippen LogP contribution in [0.4, 0.5) is 0 Å². The zero-order valence-corrected chi connectivity index (χ0v) is 17.0. The lowest BCUT2D eigenvalue weighted by molar-refractivity contribution is -0.150. The van der Waals surface area contributed by atoms with Crippen LogP contribution in [0.3, 0.4) is 0 Å². The monoisotopic (exact) mass is 360 g/mol. The van der Waals surface area contributed by atoms with Gasteiger partial charge in [-0.1, -0.05) is 69.1 Å². The van der Waals surface area contributed by atoms with E-state index in [0.29, 0.717) is 6.42 Å². The predicted molar refractivity (Wildman–Crippen MR) is 112 cm³/mol. The molecule has 0 N–H and O–H groups in total. The molecule has 1 aliphatic rings. The first-order chi connectivity index (χ1) is 12.8. The molecule has 0 bridgehead atoms. The minimum Gasteiger partial charge on any atom is -0.462 e. The standard InChI is InChI=1S/C24H40O2/c1-2-3-4-5-6-7-8-9-10-11-12-13-14-15-19-22-24(25)26-23-20-17-16-18-21-23/h3-4,6-7,9-10,23H,2,5,8,11-22H2,1H3. The van der Waals surface area contributed by atoms with Crippen LogP contribution in [0.15, 0.2) is 36.5 Å². The third kappa shape index (κ3) is 13.9. The van der Waals surface area contributed by atoms with Gasteiger partial charge in [0.15, 0.2) is 0 Å². The molecular weight excluding hydrogens is 320 g/mol. The highest BCUT2D eigenvalue weighted by atomic mass is 16.5. The van der Waals surface area contributed by atoms with Gasteiger partial charge in [-0.2, -0.15) is 0 Å². The van der Waals surface area contributed by atoms with E-state index in [2.05, 4.69) is 43.4 Å². The van der Waals surface area contributed by atoms with Gasteiger partial charge in [0.2, 0.25) is 0 Å². The molecule has 0 atom stereocenters. The Labute approximate surface area is 161 Å². The molecule has 2 nitrogen and oxygen atoms in total. The molecule has 0 unspecified atom stereocenters. The van der Waals surface area contributed by atoms with E-state index in [4.69, 9.17) is 4.74 Å². The van der Waals surface area contributed by atoms with Crippen LogP contribution in [-0.2, 0) is 9.53 Å². The van der Waals surface area contributed by atoms with Crippen LogP contribution in [0.25, 0.3) is 0 Å². The van der Waals surface area contributed by atoms with E-state index < -0.39 is 0 Å². The van der Waals surface area contributed by atoms with Gasteiger partial charge < -0.3 is 4.74 Å². The average molecular weight is 361 g/mol. The van der Waals surface area contributed by atoms with E-state index in [1.165, 1.54) is 44.9 Å². The fourth-order valence-electron chi connectivity index (χ4n) is 3.32. The molecule has 0 saturated heterocycles. The van der Waals surface area contributed by atoms with Gasteiger partial charge in [-0.05, 0) is 64.2 Å². The maximum atomic E-state index is 11.8. The Hall–Kier alpha value is -1.31. The number of allylic oxidation sites excluding steroid dienone is 6. The second-order valence-corrected chi connectivity index (χ2v) is 7.35. The number of esters is 1. The summed E-state index contributed by atoms with van der Waals surface area (Å²) in [6.07, 6.45) is 30.5. The molecule has 0 radical (unpaired) electrons. The van der Waals surface area contributed by atoms with Crippen LogP contribution in [-0.4, -0.2) is 12.1 Å². The number of hydrogen-bond acceptors (Lipinski definition) is 2. The third-order valence-corrected chi connectivity index (χ3v) is 4.88. The molecule has 0 spiro atoms. The average Bonchev–Trinajstić information content (AvgIpc) is 2.65. The lowest BCUT2D eigenvalue weighted by atomic mass is 9.98. The van der Waals surface area contributed by atoms with E-state index in [1.807, 2.05) is 0 Å². The summed E-state index contributed by atoms with van der Waals surface area (Å²) in [6, 6.07) is 0. The van der Waals surface area contributed by atoms with Gasteiger partial charge in [0.1, 0.15) is 6.10 Å². The molecule has 26 heavy (non-hydrogen) atoms. The van der Waals surface area contributed by atoms with Crippen LogP contribution in [0, 0.1) is 0 Å².